The maximum Gasteiger partial charge on any atom is 0.274 e. The predicted octanol–water partition coefficient (Wildman–Crippen LogP) is 0.409. The summed E-state index contributed by atoms with van der Waals surface area (Å²) in [5.74, 6) is -0.463. The van der Waals surface area contributed by atoms with E-state index in [0.717, 1.165) is 18.7 Å². The summed E-state index contributed by atoms with van der Waals surface area (Å²) in [5, 5.41) is 11.6. The quantitative estimate of drug-likeness (QED) is 0.431. The van der Waals surface area contributed by atoms with Crippen LogP contribution in [0.3, 0.4) is 0 Å². The Hall–Kier alpha value is -1.39. The van der Waals surface area contributed by atoms with Crippen molar-refractivity contribution in [2.24, 2.45) is 0 Å². The molecule has 1 heterocycles. The van der Waals surface area contributed by atoms with Crippen LogP contribution in [0.25, 0.3) is 0 Å². The molecule has 1 amide bonds. The molecular formula is C9H10N2O2. The molecule has 0 radical (unpaired) electrons. The molecule has 0 saturated carbocycles. The summed E-state index contributed by atoms with van der Waals surface area (Å²) >= 11 is 0. The van der Waals surface area contributed by atoms with Gasteiger partial charge < -0.3 is 5.32 Å². The van der Waals surface area contributed by atoms with Gasteiger partial charge in [0.2, 0.25) is 0 Å². The smallest absolute Gasteiger partial charge is 0.274 e. The van der Waals surface area contributed by atoms with E-state index in [1.807, 2.05) is 6.07 Å². The highest BCUT2D eigenvalue weighted by Crippen LogP contribution is 2.16. The number of fused-ring (bicyclic) bond motifs is 1. The minimum atomic E-state index is -0.463. The van der Waals surface area contributed by atoms with E-state index in [9.17, 15) is 4.79 Å². The average Bonchev–Trinajstić information content (AvgIpc) is 2.63. The van der Waals surface area contributed by atoms with Gasteiger partial charge >= 0.3 is 0 Å². The third kappa shape index (κ3) is 1.41. The van der Waals surface area contributed by atoms with Crippen LogP contribution in [0, 0.1) is 0 Å². The van der Waals surface area contributed by atoms with Crippen molar-refractivity contribution in [1.29, 1.82) is 0 Å². The number of amides is 1. The second-order valence-corrected chi connectivity index (χ2v) is 3.03. The molecule has 0 aromatic heterocycles. The van der Waals surface area contributed by atoms with E-state index in [-0.39, 0.29) is 0 Å². The van der Waals surface area contributed by atoms with E-state index in [4.69, 9.17) is 5.21 Å². The first-order valence-electron chi connectivity index (χ1n) is 4.08. The van der Waals surface area contributed by atoms with Crippen LogP contribution in [0.4, 0.5) is 0 Å². The lowest BCUT2D eigenvalue weighted by atomic mass is 10.1. The summed E-state index contributed by atoms with van der Waals surface area (Å²) < 4.78 is 0. The molecule has 1 aromatic carbocycles. The van der Waals surface area contributed by atoms with Crippen molar-refractivity contribution in [2.45, 2.75) is 13.1 Å². The second kappa shape index (κ2) is 3.16. The molecule has 4 heteroatoms. The SMILES string of the molecule is O=C(NO)c1ccc2c(c1)CNC2. The Morgan fingerprint density at radius 1 is 1.38 bits per heavy atom. The molecule has 13 heavy (non-hydrogen) atoms. The molecule has 68 valence electrons. The molecule has 0 unspecified atom stereocenters. The Labute approximate surface area is 75.5 Å². The number of hydrogen-bond acceptors (Lipinski definition) is 3. The third-order valence-corrected chi connectivity index (χ3v) is 2.20. The largest absolute Gasteiger partial charge is 0.309 e. The van der Waals surface area contributed by atoms with Crippen LogP contribution < -0.4 is 10.8 Å². The zero-order valence-electron chi connectivity index (χ0n) is 7.00. The van der Waals surface area contributed by atoms with Gasteiger partial charge in [0.05, 0.1) is 0 Å². The number of benzene rings is 1. The highest BCUT2D eigenvalue weighted by Gasteiger charge is 2.12. The first kappa shape index (κ1) is 8.22. The molecule has 0 saturated heterocycles. The molecule has 0 atom stereocenters. The third-order valence-electron chi connectivity index (χ3n) is 2.20. The zero-order valence-corrected chi connectivity index (χ0v) is 7.00. The highest BCUT2D eigenvalue weighted by atomic mass is 16.5. The lowest BCUT2D eigenvalue weighted by Crippen LogP contribution is -2.18. The van der Waals surface area contributed by atoms with Crippen LogP contribution in [0.5, 0.6) is 0 Å². The van der Waals surface area contributed by atoms with Crippen LogP contribution >= 0.6 is 0 Å². The summed E-state index contributed by atoms with van der Waals surface area (Å²) in [7, 11) is 0. The minimum absolute atomic E-state index is 0.463. The van der Waals surface area contributed by atoms with Crippen LogP contribution in [-0.2, 0) is 13.1 Å². The van der Waals surface area contributed by atoms with Crippen molar-refractivity contribution in [3.8, 4) is 0 Å². The molecule has 3 N–H and O–H groups in total. The van der Waals surface area contributed by atoms with Crippen LogP contribution in [0.1, 0.15) is 21.5 Å². The van der Waals surface area contributed by atoms with E-state index < -0.39 is 5.91 Å². The molecular weight excluding hydrogens is 168 g/mol. The van der Waals surface area contributed by atoms with Crippen LogP contribution in [0.2, 0.25) is 0 Å². The Bertz CT molecular complexity index is 349. The highest BCUT2D eigenvalue weighted by molar-refractivity contribution is 5.93. The molecule has 4 nitrogen and oxygen atoms in total. The summed E-state index contributed by atoms with van der Waals surface area (Å²) in [6.07, 6.45) is 0. The topological polar surface area (TPSA) is 61.4 Å². The molecule has 1 aliphatic heterocycles. The number of carbonyl (C=O) groups excluding carboxylic acids is 1. The van der Waals surface area contributed by atoms with Gasteiger partial charge in [-0.25, -0.2) is 5.48 Å². The van der Waals surface area contributed by atoms with Crippen molar-refractivity contribution in [3.05, 3.63) is 34.9 Å². The molecule has 0 spiro atoms. The van der Waals surface area contributed by atoms with Gasteiger partial charge in [-0.2, -0.15) is 0 Å². The van der Waals surface area contributed by atoms with Gasteiger partial charge in [0.15, 0.2) is 0 Å². The van der Waals surface area contributed by atoms with E-state index in [1.165, 1.54) is 5.56 Å². The zero-order chi connectivity index (χ0) is 9.26. The summed E-state index contributed by atoms with van der Waals surface area (Å²) in [5.41, 5.74) is 4.45. The van der Waals surface area contributed by atoms with Gasteiger partial charge in [0, 0.05) is 18.7 Å². The Kier molecular flexibility index (Phi) is 2.00. The molecule has 1 aromatic rings. The second-order valence-electron chi connectivity index (χ2n) is 3.03. The number of hydroxylamine groups is 1. The normalized spacial score (nSPS) is 13.9. The van der Waals surface area contributed by atoms with E-state index >= 15 is 0 Å². The Morgan fingerprint density at radius 3 is 2.92 bits per heavy atom. The van der Waals surface area contributed by atoms with Gasteiger partial charge in [-0.3, -0.25) is 10.0 Å². The number of nitrogens with one attached hydrogen (secondary N) is 2. The first-order chi connectivity index (χ1) is 6.31. The fourth-order valence-corrected chi connectivity index (χ4v) is 1.50. The van der Waals surface area contributed by atoms with Crippen molar-refractivity contribution in [1.82, 2.24) is 10.8 Å². The fraction of sp³-hybridized carbons (Fsp3) is 0.222. The summed E-state index contributed by atoms with van der Waals surface area (Å²) in [6.45, 7) is 1.65. The van der Waals surface area contributed by atoms with Gasteiger partial charge in [-0.1, -0.05) is 6.07 Å². The molecule has 0 fully saturated rings. The average molecular weight is 178 g/mol. The monoisotopic (exact) mass is 178 g/mol. The molecule has 1 aliphatic rings. The standard InChI is InChI=1S/C9H10N2O2/c12-9(11-13)6-1-2-7-4-10-5-8(7)3-6/h1-3,10,13H,4-5H2,(H,11,12). The molecule has 2 rings (SSSR count). The van der Waals surface area contributed by atoms with Crippen LogP contribution in [0.15, 0.2) is 18.2 Å². The van der Waals surface area contributed by atoms with Crippen molar-refractivity contribution in [2.75, 3.05) is 0 Å². The number of carbonyl (C=O) groups is 1. The minimum Gasteiger partial charge on any atom is -0.309 e. The lowest BCUT2D eigenvalue weighted by Gasteiger charge is -2.01. The number of hydrogen-bond donors (Lipinski definition) is 3. The lowest BCUT2D eigenvalue weighted by molar-refractivity contribution is 0.0706. The van der Waals surface area contributed by atoms with Gasteiger partial charge in [0.25, 0.3) is 5.91 Å². The van der Waals surface area contributed by atoms with Crippen molar-refractivity contribution in [3.63, 3.8) is 0 Å². The van der Waals surface area contributed by atoms with E-state index in [1.54, 1.807) is 17.6 Å². The number of rotatable bonds is 1. The maximum atomic E-state index is 11.0. The van der Waals surface area contributed by atoms with Crippen molar-refractivity contribution < 1.29 is 10.0 Å². The summed E-state index contributed by atoms with van der Waals surface area (Å²) in [4.78, 5) is 11.0. The first-order valence-corrected chi connectivity index (χ1v) is 4.08. The maximum absolute atomic E-state index is 11.0. The fourth-order valence-electron chi connectivity index (χ4n) is 1.50. The van der Waals surface area contributed by atoms with Crippen molar-refractivity contribution >= 4 is 5.91 Å². The van der Waals surface area contributed by atoms with E-state index in [0.29, 0.717) is 5.56 Å². The van der Waals surface area contributed by atoms with E-state index in [2.05, 4.69) is 5.32 Å². The van der Waals surface area contributed by atoms with Gasteiger partial charge in [-0.05, 0) is 23.3 Å². The van der Waals surface area contributed by atoms with Crippen LogP contribution in [-0.4, -0.2) is 11.1 Å². The van der Waals surface area contributed by atoms with Gasteiger partial charge in [-0.15, -0.1) is 0 Å². The van der Waals surface area contributed by atoms with Gasteiger partial charge in [0.1, 0.15) is 0 Å². The Balaban J connectivity index is 2.36. The summed E-state index contributed by atoms with van der Waals surface area (Å²) in [6, 6.07) is 5.40. The molecule has 0 aliphatic carbocycles. The predicted molar refractivity (Wildman–Crippen MR) is 46.2 cm³/mol. The Morgan fingerprint density at radius 2 is 2.15 bits per heavy atom. The molecule has 0 bridgehead atoms.